The number of halogens is 1. The zero-order chi connectivity index (χ0) is 9.73. The van der Waals surface area contributed by atoms with Crippen molar-refractivity contribution in [3.05, 3.63) is 42.0 Å². The topological polar surface area (TPSA) is 34.1 Å². The highest BCUT2D eigenvalue weighted by Crippen LogP contribution is 2.03. The summed E-state index contributed by atoms with van der Waals surface area (Å²) in [4.78, 5) is 0. The Morgan fingerprint density at radius 1 is 1.23 bits per heavy atom. The fourth-order valence-electron chi connectivity index (χ4n) is 0.863. The van der Waals surface area contributed by atoms with Crippen LogP contribution in [0.4, 0.5) is 0 Å². The molecule has 70 valence electrons. The molecule has 2 nitrogen and oxygen atoms in total. The maximum atomic E-state index is 10.5. The summed E-state index contributed by atoms with van der Waals surface area (Å²) < 4.78 is 21.1. The number of hydrogen-bond acceptors (Lipinski definition) is 2. The Kier molecular flexibility index (Phi) is 3.51. The maximum Gasteiger partial charge on any atom is 0.236 e. The van der Waals surface area contributed by atoms with E-state index < -0.39 is 9.05 Å². The SMILES string of the molecule is O=S(=O)(Cl)CC=Cc1ccccc1. The van der Waals surface area contributed by atoms with Gasteiger partial charge in [0.05, 0.1) is 5.75 Å². The first kappa shape index (κ1) is 10.3. The Hall–Kier alpha value is -0.800. The molecule has 0 N–H and O–H groups in total. The predicted octanol–water partition coefficient (Wildman–Crippen LogP) is 2.27. The fourth-order valence-corrected chi connectivity index (χ4v) is 1.41. The third-order valence-electron chi connectivity index (χ3n) is 1.41. The van der Waals surface area contributed by atoms with Crippen molar-refractivity contribution in [1.82, 2.24) is 0 Å². The van der Waals surface area contributed by atoms with Crippen LogP contribution < -0.4 is 0 Å². The lowest BCUT2D eigenvalue weighted by molar-refractivity contribution is 0.612. The molecule has 0 bridgehead atoms. The molecule has 0 aliphatic rings. The summed E-state index contributed by atoms with van der Waals surface area (Å²) in [6, 6.07) is 9.44. The van der Waals surface area contributed by atoms with Gasteiger partial charge in [-0.05, 0) is 5.56 Å². The molecule has 0 heterocycles. The summed E-state index contributed by atoms with van der Waals surface area (Å²) in [6.07, 6.45) is 3.25. The van der Waals surface area contributed by atoms with Gasteiger partial charge in [-0.15, -0.1) is 0 Å². The van der Waals surface area contributed by atoms with Gasteiger partial charge in [-0.3, -0.25) is 0 Å². The largest absolute Gasteiger partial charge is 0.236 e. The van der Waals surface area contributed by atoms with Gasteiger partial charge < -0.3 is 0 Å². The van der Waals surface area contributed by atoms with Crippen molar-refractivity contribution in [2.45, 2.75) is 0 Å². The van der Waals surface area contributed by atoms with Crippen LogP contribution >= 0.6 is 10.7 Å². The Balaban J connectivity index is 2.61. The van der Waals surface area contributed by atoms with Crippen molar-refractivity contribution in [2.75, 3.05) is 5.75 Å². The lowest BCUT2D eigenvalue weighted by Gasteiger charge is -1.90. The molecule has 1 aromatic carbocycles. The van der Waals surface area contributed by atoms with Gasteiger partial charge in [0.25, 0.3) is 0 Å². The zero-order valence-electron chi connectivity index (χ0n) is 6.85. The lowest BCUT2D eigenvalue weighted by atomic mass is 10.2. The van der Waals surface area contributed by atoms with Crippen molar-refractivity contribution < 1.29 is 8.42 Å². The highest BCUT2D eigenvalue weighted by Gasteiger charge is 1.99. The maximum absolute atomic E-state index is 10.5. The van der Waals surface area contributed by atoms with Crippen LogP contribution in [0.3, 0.4) is 0 Å². The standard InChI is InChI=1S/C9H9ClO2S/c10-13(11,12)8-4-7-9-5-2-1-3-6-9/h1-7H,8H2. The monoisotopic (exact) mass is 216 g/mol. The molecule has 0 unspecified atom stereocenters. The first-order chi connectivity index (χ1) is 6.08. The van der Waals surface area contributed by atoms with E-state index in [1.54, 1.807) is 6.08 Å². The molecule has 0 aliphatic heterocycles. The van der Waals surface area contributed by atoms with Crippen LogP contribution in [0.15, 0.2) is 36.4 Å². The molecular weight excluding hydrogens is 208 g/mol. The number of rotatable bonds is 3. The third kappa shape index (κ3) is 4.70. The molecule has 4 heteroatoms. The van der Waals surface area contributed by atoms with E-state index in [0.29, 0.717) is 0 Å². The van der Waals surface area contributed by atoms with Gasteiger partial charge >= 0.3 is 0 Å². The van der Waals surface area contributed by atoms with E-state index in [2.05, 4.69) is 0 Å². The fraction of sp³-hybridized carbons (Fsp3) is 0.111. The molecule has 0 amide bonds. The molecular formula is C9H9ClO2S. The van der Waals surface area contributed by atoms with Gasteiger partial charge in [-0.1, -0.05) is 42.5 Å². The highest BCUT2D eigenvalue weighted by molar-refractivity contribution is 8.13. The Bertz CT molecular complexity index is 381. The molecule has 0 aromatic heterocycles. The third-order valence-corrected chi connectivity index (χ3v) is 2.37. The minimum Gasteiger partial charge on any atom is -0.212 e. The van der Waals surface area contributed by atoms with Gasteiger partial charge in [0.2, 0.25) is 9.05 Å². The molecule has 0 saturated heterocycles. The van der Waals surface area contributed by atoms with Gasteiger partial charge in [0.1, 0.15) is 0 Å². The summed E-state index contributed by atoms with van der Waals surface area (Å²) in [5.74, 6) is -0.135. The van der Waals surface area contributed by atoms with E-state index in [0.717, 1.165) is 5.56 Å². The molecule has 0 saturated carbocycles. The molecule has 1 aromatic rings. The van der Waals surface area contributed by atoms with Crippen LogP contribution in [0, 0.1) is 0 Å². The minimum atomic E-state index is -3.41. The van der Waals surface area contributed by atoms with Crippen molar-refractivity contribution in [3.8, 4) is 0 Å². The van der Waals surface area contributed by atoms with Crippen LogP contribution in [0.25, 0.3) is 6.08 Å². The second-order valence-corrected chi connectivity index (χ2v) is 5.34. The van der Waals surface area contributed by atoms with E-state index in [4.69, 9.17) is 10.7 Å². The molecule has 1 rings (SSSR count). The Labute approximate surface area is 82.3 Å². The van der Waals surface area contributed by atoms with E-state index in [1.807, 2.05) is 30.3 Å². The molecule has 0 fully saturated rings. The quantitative estimate of drug-likeness (QED) is 0.727. The summed E-state index contributed by atoms with van der Waals surface area (Å²) in [5, 5.41) is 0. The lowest BCUT2D eigenvalue weighted by Crippen LogP contribution is -1.91. The summed E-state index contributed by atoms with van der Waals surface area (Å²) in [6.45, 7) is 0. The van der Waals surface area contributed by atoms with Crippen LogP contribution in [-0.2, 0) is 9.05 Å². The Morgan fingerprint density at radius 2 is 1.85 bits per heavy atom. The summed E-state index contributed by atoms with van der Waals surface area (Å²) in [7, 11) is 1.61. The van der Waals surface area contributed by atoms with Crippen molar-refractivity contribution in [2.24, 2.45) is 0 Å². The minimum absolute atomic E-state index is 0.135. The van der Waals surface area contributed by atoms with E-state index in [1.165, 1.54) is 6.08 Å². The predicted molar refractivity (Wildman–Crippen MR) is 55.1 cm³/mol. The first-order valence-corrected chi connectivity index (χ1v) is 6.20. The van der Waals surface area contributed by atoms with Crippen molar-refractivity contribution in [3.63, 3.8) is 0 Å². The van der Waals surface area contributed by atoms with Gasteiger partial charge in [-0.2, -0.15) is 0 Å². The zero-order valence-corrected chi connectivity index (χ0v) is 8.42. The smallest absolute Gasteiger partial charge is 0.212 e. The Morgan fingerprint density at radius 3 is 2.38 bits per heavy atom. The second-order valence-electron chi connectivity index (χ2n) is 2.52. The van der Waals surface area contributed by atoms with Crippen LogP contribution in [0.1, 0.15) is 5.56 Å². The van der Waals surface area contributed by atoms with Crippen LogP contribution in [0.5, 0.6) is 0 Å². The van der Waals surface area contributed by atoms with Gasteiger partial charge in [0.15, 0.2) is 0 Å². The first-order valence-electron chi connectivity index (χ1n) is 3.72. The number of hydrogen-bond donors (Lipinski definition) is 0. The number of benzene rings is 1. The average Bonchev–Trinajstić information content (AvgIpc) is 2.04. The summed E-state index contributed by atoms with van der Waals surface area (Å²) >= 11 is 0. The van der Waals surface area contributed by atoms with Crippen molar-refractivity contribution in [1.29, 1.82) is 0 Å². The molecule has 0 radical (unpaired) electrons. The van der Waals surface area contributed by atoms with E-state index >= 15 is 0 Å². The second kappa shape index (κ2) is 4.44. The van der Waals surface area contributed by atoms with Crippen LogP contribution in [0.2, 0.25) is 0 Å². The molecule has 0 spiro atoms. The van der Waals surface area contributed by atoms with E-state index in [9.17, 15) is 8.42 Å². The van der Waals surface area contributed by atoms with Crippen LogP contribution in [-0.4, -0.2) is 14.2 Å². The normalized spacial score (nSPS) is 12.1. The molecule has 13 heavy (non-hydrogen) atoms. The van der Waals surface area contributed by atoms with E-state index in [-0.39, 0.29) is 5.75 Å². The van der Waals surface area contributed by atoms with Gasteiger partial charge in [-0.25, -0.2) is 8.42 Å². The average molecular weight is 217 g/mol. The molecule has 0 atom stereocenters. The summed E-state index contributed by atoms with van der Waals surface area (Å²) in [5.41, 5.74) is 0.961. The van der Waals surface area contributed by atoms with Crippen molar-refractivity contribution >= 4 is 25.8 Å². The highest BCUT2D eigenvalue weighted by atomic mass is 35.7. The molecule has 0 aliphatic carbocycles. The van der Waals surface area contributed by atoms with Gasteiger partial charge in [0, 0.05) is 10.7 Å².